The van der Waals surface area contributed by atoms with Crippen molar-refractivity contribution in [3.8, 4) is 0 Å². The van der Waals surface area contributed by atoms with Gasteiger partial charge in [-0.1, -0.05) is 30.3 Å². The SMILES string of the molecule is O=C1S/C(=C/c2cccc([N+](=O)[O-])c2)C(=O)N1Cc1ccccc1[N+](=O)[O-]. The Morgan fingerprint density at radius 1 is 1.00 bits per heavy atom. The zero-order valence-electron chi connectivity index (χ0n) is 13.6. The van der Waals surface area contributed by atoms with Crippen LogP contribution >= 0.6 is 11.8 Å². The fraction of sp³-hybridized carbons (Fsp3) is 0.0588. The highest BCUT2D eigenvalue weighted by atomic mass is 32.2. The van der Waals surface area contributed by atoms with E-state index in [2.05, 4.69) is 0 Å². The summed E-state index contributed by atoms with van der Waals surface area (Å²) >= 11 is 0.683. The second kappa shape index (κ2) is 7.38. The van der Waals surface area contributed by atoms with Crippen molar-refractivity contribution in [1.29, 1.82) is 0 Å². The molecule has 136 valence electrons. The van der Waals surface area contributed by atoms with Gasteiger partial charge in [0.05, 0.1) is 21.3 Å². The molecule has 0 N–H and O–H groups in total. The lowest BCUT2D eigenvalue weighted by atomic mass is 10.1. The van der Waals surface area contributed by atoms with E-state index < -0.39 is 21.0 Å². The summed E-state index contributed by atoms with van der Waals surface area (Å²) in [6.45, 7) is -0.228. The van der Waals surface area contributed by atoms with Gasteiger partial charge in [-0.3, -0.25) is 34.7 Å². The van der Waals surface area contributed by atoms with Gasteiger partial charge in [-0.25, -0.2) is 0 Å². The summed E-state index contributed by atoms with van der Waals surface area (Å²) in [6.07, 6.45) is 1.39. The minimum Gasteiger partial charge on any atom is -0.268 e. The lowest BCUT2D eigenvalue weighted by Gasteiger charge is -2.12. The van der Waals surface area contributed by atoms with Gasteiger partial charge >= 0.3 is 0 Å². The first-order valence-electron chi connectivity index (χ1n) is 7.59. The highest BCUT2D eigenvalue weighted by Crippen LogP contribution is 2.34. The maximum atomic E-state index is 12.5. The number of carbonyl (C=O) groups excluding carboxylic acids is 2. The number of non-ortho nitro benzene ring substituents is 1. The number of imide groups is 1. The maximum absolute atomic E-state index is 12.5. The highest BCUT2D eigenvalue weighted by molar-refractivity contribution is 8.18. The van der Waals surface area contributed by atoms with Gasteiger partial charge in [0.1, 0.15) is 0 Å². The molecule has 0 radical (unpaired) electrons. The fourth-order valence-corrected chi connectivity index (χ4v) is 3.35. The van der Waals surface area contributed by atoms with Crippen LogP contribution in [-0.4, -0.2) is 25.9 Å². The van der Waals surface area contributed by atoms with Crippen molar-refractivity contribution >= 4 is 40.4 Å². The van der Waals surface area contributed by atoms with Crippen LogP contribution in [-0.2, 0) is 11.3 Å². The lowest BCUT2D eigenvalue weighted by Crippen LogP contribution is -2.27. The van der Waals surface area contributed by atoms with Crippen LogP contribution < -0.4 is 0 Å². The molecule has 0 aromatic heterocycles. The first-order valence-corrected chi connectivity index (χ1v) is 8.40. The molecule has 1 aliphatic rings. The van der Waals surface area contributed by atoms with E-state index in [1.54, 1.807) is 12.1 Å². The van der Waals surface area contributed by atoms with E-state index >= 15 is 0 Å². The van der Waals surface area contributed by atoms with Crippen LogP contribution in [0.2, 0.25) is 0 Å². The van der Waals surface area contributed by atoms with Gasteiger partial charge in [-0.15, -0.1) is 0 Å². The number of para-hydroxylation sites is 1. The molecule has 2 amide bonds. The molecule has 1 heterocycles. The van der Waals surface area contributed by atoms with Gasteiger partial charge in [-0.2, -0.15) is 0 Å². The smallest absolute Gasteiger partial charge is 0.268 e. The van der Waals surface area contributed by atoms with Crippen LogP contribution in [0.3, 0.4) is 0 Å². The van der Waals surface area contributed by atoms with Crippen molar-refractivity contribution in [2.24, 2.45) is 0 Å². The molecule has 3 rings (SSSR count). The van der Waals surface area contributed by atoms with E-state index in [4.69, 9.17) is 0 Å². The Hall–Kier alpha value is -3.53. The first-order chi connectivity index (χ1) is 12.9. The molecular formula is C17H11N3O6S. The van der Waals surface area contributed by atoms with Crippen LogP contribution in [0.1, 0.15) is 11.1 Å². The van der Waals surface area contributed by atoms with Crippen LogP contribution in [0, 0.1) is 20.2 Å². The summed E-state index contributed by atoms with van der Waals surface area (Å²) in [7, 11) is 0. The molecule has 2 aromatic carbocycles. The Bertz CT molecular complexity index is 1000. The predicted molar refractivity (Wildman–Crippen MR) is 97.7 cm³/mol. The molecule has 0 saturated carbocycles. The van der Waals surface area contributed by atoms with Crippen molar-refractivity contribution in [2.45, 2.75) is 6.54 Å². The highest BCUT2D eigenvalue weighted by Gasteiger charge is 2.36. The van der Waals surface area contributed by atoms with Crippen LogP contribution in [0.4, 0.5) is 16.2 Å². The van der Waals surface area contributed by atoms with Gasteiger partial charge in [0.15, 0.2) is 0 Å². The topological polar surface area (TPSA) is 124 Å². The Morgan fingerprint density at radius 3 is 2.44 bits per heavy atom. The number of nitro benzene ring substituents is 2. The van der Waals surface area contributed by atoms with Gasteiger partial charge in [-0.05, 0) is 23.4 Å². The average molecular weight is 385 g/mol. The summed E-state index contributed by atoms with van der Waals surface area (Å²) in [5, 5.41) is 21.4. The first kappa shape index (κ1) is 18.3. The minimum absolute atomic E-state index is 0.0964. The molecule has 0 unspecified atom stereocenters. The van der Waals surface area contributed by atoms with Crippen molar-refractivity contribution in [1.82, 2.24) is 4.90 Å². The van der Waals surface area contributed by atoms with Gasteiger partial charge in [0.25, 0.3) is 22.5 Å². The molecule has 2 aromatic rings. The standard InChI is InChI=1S/C17H11N3O6S/c21-16-15(9-11-4-3-6-13(8-11)19(23)24)27-17(22)18(16)10-12-5-1-2-7-14(12)20(25)26/h1-9H,10H2/b15-9+. The number of amides is 2. The van der Waals surface area contributed by atoms with E-state index in [-0.39, 0.29) is 28.4 Å². The number of hydrogen-bond donors (Lipinski definition) is 0. The van der Waals surface area contributed by atoms with Gasteiger partial charge in [0, 0.05) is 23.8 Å². The van der Waals surface area contributed by atoms with E-state index in [1.165, 1.54) is 42.5 Å². The lowest BCUT2D eigenvalue weighted by molar-refractivity contribution is -0.385. The second-order valence-electron chi connectivity index (χ2n) is 5.51. The molecule has 0 spiro atoms. The van der Waals surface area contributed by atoms with Crippen LogP contribution in [0.25, 0.3) is 6.08 Å². The third-order valence-corrected chi connectivity index (χ3v) is 4.68. The molecule has 0 bridgehead atoms. The molecule has 9 nitrogen and oxygen atoms in total. The molecule has 1 fully saturated rings. The largest absolute Gasteiger partial charge is 0.293 e. The molecule has 27 heavy (non-hydrogen) atoms. The number of nitro groups is 2. The number of nitrogens with zero attached hydrogens (tertiary/aromatic N) is 3. The zero-order chi connectivity index (χ0) is 19.6. The molecule has 1 saturated heterocycles. The van der Waals surface area contributed by atoms with Gasteiger partial charge < -0.3 is 0 Å². The predicted octanol–water partition coefficient (Wildman–Crippen LogP) is 3.74. The number of rotatable bonds is 5. The molecule has 1 aliphatic heterocycles. The van der Waals surface area contributed by atoms with E-state index in [9.17, 15) is 29.8 Å². The van der Waals surface area contributed by atoms with E-state index in [0.717, 1.165) is 4.90 Å². The molecule has 0 aliphatic carbocycles. The quantitative estimate of drug-likeness (QED) is 0.436. The monoisotopic (exact) mass is 385 g/mol. The Balaban J connectivity index is 1.87. The Labute approximate surface area is 156 Å². The summed E-state index contributed by atoms with van der Waals surface area (Å²) < 4.78 is 0. The minimum atomic E-state index is -0.602. The average Bonchev–Trinajstić information content (AvgIpc) is 2.89. The second-order valence-corrected chi connectivity index (χ2v) is 6.50. The maximum Gasteiger partial charge on any atom is 0.293 e. The fourth-order valence-electron chi connectivity index (χ4n) is 2.51. The zero-order valence-corrected chi connectivity index (χ0v) is 14.4. The normalized spacial score (nSPS) is 15.4. The van der Waals surface area contributed by atoms with Crippen LogP contribution in [0.15, 0.2) is 53.4 Å². The number of hydrogen-bond acceptors (Lipinski definition) is 7. The van der Waals surface area contributed by atoms with Crippen molar-refractivity contribution in [3.63, 3.8) is 0 Å². The summed E-state index contributed by atoms with van der Waals surface area (Å²) in [6, 6.07) is 11.5. The third-order valence-electron chi connectivity index (χ3n) is 3.77. The van der Waals surface area contributed by atoms with Crippen LogP contribution in [0.5, 0.6) is 0 Å². The summed E-state index contributed by atoms with van der Waals surface area (Å²) in [5.41, 5.74) is 0.323. The summed E-state index contributed by atoms with van der Waals surface area (Å²) in [5.74, 6) is -0.602. The number of carbonyl (C=O) groups is 2. The van der Waals surface area contributed by atoms with E-state index in [1.807, 2.05) is 0 Å². The summed E-state index contributed by atoms with van der Waals surface area (Å²) in [4.78, 5) is 46.5. The Kier molecular flexibility index (Phi) is 4.99. The molecule has 10 heteroatoms. The molecule has 0 atom stereocenters. The van der Waals surface area contributed by atoms with Crippen molar-refractivity contribution in [3.05, 3.63) is 84.8 Å². The van der Waals surface area contributed by atoms with Crippen molar-refractivity contribution in [2.75, 3.05) is 0 Å². The Morgan fingerprint density at radius 2 is 1.74 bits per heavy atom. The molecular weight excluding hydrogens is 374 g/mol. The third kappa shape index (κ3) is 3.85. The number of thioether (sulfide) groups is 1. The number of benzene rings is 2. The van der Waals surface area contributed by atoms with Crippen molar-refractivity contribution < 1.29 is 19.4 Å². The van der Waals surface area contributed by atoms with Gasteiger partial charge in [0.2, 0.25) is 0 Å². The van der Waals surface area contributed by atoms with E-state index in [0.29, 0.717) is 17.3 Å².